The van der Waals surface area contributed by atoms with E-state index in [-0.39, 0.29) is 22.9 Å². The minimum absolute atomic E-state index is 0.0611. The van der Waals surface area contributed by atoms with E-state index >= 15 is 0 Å². The molecule has 0 spiro atoms. The lowest BCUT2D eigenvalue weighted by Gasteiger charge is -2.49. The summed E-state index contributed by atoms with van der Waals surface area (Å²) in [7, 11) is -1.59. The van der Waals surface area contributed by atoms with Gasteiger partial charge in [-0.15, -0.1) is 11.8 Å². The summed E-state index contributed by atoms with van der Waals surface area (Å²) in [4.78, 5) is 37.5. The van der Waals surface area contributed by atoms with Gasteiger partial charge < -0.3 is 10.4 Å². The number of carboxylic acids is 1. The predicted octanol–water partition coefficient (Wildman–Crippen LogP) is 2.25. The summed E-state index contributed by atoms with van der Waals surface area (Å²) in [6.07, 6.45) is 0. The second-order valence-corrected chi connectivity index (χ2v) is 13.2. The average Bonchev–Trinajstić information content (AvgIpc) is 2.57. The number of aliphatic carboxylic acids is 1. The van der Waals surface area contributed by atoms with E-state index in [2.05, 4.69) is 26.1 Å². The summed E-state index contributed by atoms with van der Waals surface area (Å²) in [5.41, 5.74) is 0.768. The van der Waals surface area contributed by atoms with Crippen LogP contribution in [-0.4, -0.2) is 53.0 Å². The van der Waals surface area contributed by atoms with Crippen molar-refractivity contribution in [3.05, 3.63) is 11.3 Å². The molecule has 2 amide bonds. The highest BCUT2D eigenvalue weighted by Crippen LogP contribution is 2.40. The lowest BCUT2D eigenvalue weighted by atomic mass is 10.0. The molecule has 0 saturated carbocycles. The lowest BCUT2D eigenvalue weighted by molar-refractivity contribution is -0.150. The molecule has 1 saturated heterocycles. The molecule has 2 rings (SSSR count). The van der Waals surface area contributed by atoms with Gasteiger partial charge in [0.2, 0.25) is 5.91 Å². The van der Waals surface area contributed by atoms with Crippen LogP contribution in [-0.2, 0) is 14.4 Å². The zero-order valence-electron chi connectivity index (χ0n) is 14.7. The Hall–Kier alpha value is -1.28. The van der Waals surface area contributed by atoms with E-state index in [0.29, 0.717) is 17.4 Å². The summed E-state index contributed by atoms with van der Waals surface area (Å²) in [5, 5.41) is 11.9. The molecule has 24 heavy (non-hydrogen) atoms. The Labute approximate surface area is 148 Å². The molecule has 0 aliphatic carbocycles. The fourth-order valence-electron chi connectivity index (χ4n) is 3.47. The number of amides is 2. The van der Waals surface area contributed by atoms with E-state index in [9.17, 15) is 19.5 Å². The molecule has 0 aromatic carbocycles. The first kappa shape index (κ1) is 19.0. The molecule has 2 aliphatic heterocycles. The Morgan fingerprint density at radius 2 is 1.88 bits per heavy atom. The smallest absolute Gasteiger partial charge is 0.352 e. The number of nitrogens with zero attached hydrogens (tertiary/aromatic N) is 1. The van der Waals surface area contributed by atoms with Crippen molar-refractivity contribution in [2.45, 2.75) is 63.3 Å². The van der Waals surface area contributed by atoms with E-state index < -0.39 is 20.1 Å². The van der Waals surface area contributed by atoms with E-state index in [0.717, 1.165) is 18.1 Å². The van der Waals surface area contributed by atoms with Crippen molar-refractivity contribution in [3.8, 4) is 0 Å². The van der Waals surface area contributed by atoms with Crippen molar-refractivity contribution in [3.63, 3.8) is 0 Å². The molecular weight excluding hydrogens is 344 g/mol. The Morgan fingerprint density at radius 1 is 1.29 bits per heavy atom. The van der Waals surface area contributed by atoms with Crippen LogP contribution in [0.5, 0.6) is 0 Å². The summed E-state index contributed by atoms with van der Waals surface area (Å²) in [6, 6.07) is 3.12. The number of carbonyl (C=O) groups is 3. The Kier molecular flexibility index (Phi) is 5.80. The van der Waals surface area contributed by atoms with Crippen LogP contribution in [0.25, 0.3) is 0 Å². The van der Waals surface area contributed by atoms with Crippen molar-refractivity contribution >= 4 is 37.6 Å². The Bertz CT molecular complexity index is 580. The van der Waals surface area contributed by atoms with Crippen LogP contribution in [0, 0.1) is 0 Å². The number of rotatable bonds is 7. The van der Waals surface area contributed by atoms with Crippen molar-refractivity contribution in [2.75, 3.05) is 5.75 Å². The number of nitrogens with one attached hydrogen (secondary N) is 1. The monoisotopic (exact) mass is 370 g/mol. The molecule has 0 aromatic rings. The van der Waals surface area contributed by atoms with Crippen LogP contribution in [0.3, 0.4) is 0 Å². The SMILES string of the molecule is CC[Si](CC)(CC)CC(=O)NC1C(=O)N2C(C(=O)O)=C(C)CSC12. The zero-order valence-corrected chi connectivity index (χ0v) is 16.5. The van der Waals surface area contributed by atoms with Crippen molar-refractivity contribution in [1.29, 1.82) is 0 Å². The second-order valence-electron chi connectivity index (χ2n) is 6.63. The molecule has 2 aliphatic rings. The van der Waals surface area contributed by atoms with E-state index in [4.69, 9.17) is 0 Å². The first-order chi connectivity index (χ1) is 11.3. The van der Waals surface area contributed by atoms with Crippen LogP contribution < -0.4 is 5.32 Å². The first-order valence-electron chi connectivity index (χ1n) is 8.47. The zero-order chi connectivity index (χ0) is 18.1. The third-order valence-corrected chi connectivity index (χ3v) is 12.5. The third kappa shape index (κ3) is 3.26. The summed E-state index contributed by atoms with van der Waals surface area (Å²) in [6.45, 7) is 8.17. The van der Waals surface area contributed by atoms with Gasteiger partial charge in [0.15, 0.2) is 0 Å². The first-order valence-corrected chi connectivity index (χ1v) is 12.3. The topological polar surface area (TPSA) is 86.7 Å². The molecule has 134 valence electrons. The van der Waals surface area contributed by atoms with Gasteiger partial charge in [-0.05, 0) is 12.5 Å². The van der Waals surface area contributed by atoms with E-state index in [1.54, 1.807) is 6.92 Å². The van der Waals surface area contributed by atoms with Crippen LogP contribution in [0.15, 0.2) is 11.3 Å². The van der Waals surface area contributed by atoms with Crippen LogP contribution in [0.2, 0.25) is 24.2 Å². The molecule has 6 nitrogen and oxygen atoms in total. The number of thioether (sulfide) groups is 1. The Morgan fingerprint density at radius 3 is 2.38 bits per heavy atom. The molecule has 0 aromatic heterocycles. The van der Waals surface area contributed by atoms with Crippen LogP contribution >= 0.6 is 11.8 Å². The number of β-lactam (4-membered cyclic amide) rings is 1. The molecule has 2 N–H and O–H groups in total. The average molecular weight is 371 g/mol. The van der Waals surface area contributed by atoms with Crippen molar-refractivity contribution < 1.29 is 19.5 Å². The molecule has 2 heterocycles. The molecule has 2 atom stereocenters. The highest BCUT2D eigenvalue weighted by Gasteiger charge is 2.53. The van der Waals surface area contributed by atoms with Gasteiger partial charge in [0, 0.05) is 11.8 Å². The molecule has 2 unspecified atom stereocenters. The second kappa shape index (κ2) is 7.31. The quantitative estimate of drug-likeness (QED) is 0.530. The number of hydrogen-bond donors (Lipinski definition) is 2. The molecular formula is C16H26N2O4SSi. The molecule has 1 fully saturated rings. The fourth-order valence-corrected chi connectivity index (χ4v) is 7.79. The lowest BCUT2D eigenvalue weighted by Crippen LogP contribution is -2.70. The summed E-state index contributed by atoms with van der Waals surface area (Å²) >= 11 is 1.51. The minimum Gasteiger partial charge on any atom is -0.477 e. The standard InChI is InChI=1S/C16H26N2O4SSi/c1-5-24(6-2,7-3)9-11(19)17-12-14(20)18-13(16(21)22)10(4)8-23-15(12)18/h12,15H,5-9H2,1-4H3,(H,17,19)(H,21,22). The van der Waals surface area contributed by atoms with Gasteiger partial charge in [-0.25, -0.2) is 4.79 Å². The minimum atomic E-state index is -1.59. The summed E-state index contributed by atoms with van der Waals surface area (Å²) in [5.74, 6) is -0.881. The van der Waals surface area contributed by atoms with Crippen molar-refractivity contribution in [2.24, 2.45) is 0 Å². The molecule has 8 heteroatoms. The van der Waals surface area contributed by atoms with Gasteiger partial charge in [0.25, 0.3) is 5.91 Å². The molecule has 0 bridgehead atoms. The van der Waals surface area contributed by atoms with Gasteiger partial charge in [0.05, 0.1) is 8.07 Å². The maximum atomic E-state index is 12.5. The van der Waals surface area contributed by atoms with Gasteiger partial charge in [0.1, 0.15) is 17.1 Å². The fraction of sp³-hybridized carbons (Fsp3) is 0.688. The predicted molar refractivity (Wildman–Crippen MR) is 97.4 cm³/mol. The highest BCUT2D eigenvalue weighted by molar-refractivity contribution is 8.00. The van der Waals surface area contributed by atoms with Gasteiger partial charge in [-0.1, -0.05) is 38.9 Å². The number of hydrogen-bond acceptors (Lipinski definition) is 4. The number of carbonyl (C=O) groups excluding carboxylic acids is 2. The van der Waals surface area contributed by atoms with E-state index in [1.807, 2.05) is 0 Å². The van der Waals surface area contributed by atoms with Crippen LogP contribution in [0.4, 0.5) is 0 Å². The van der Waals surface area contributed by atoms with Gasteiger partial charge in [-0.3, -0.25) is 14.5 Å². The van der Waals surface area contributed by atoms with Crippen molar-refractivity contribution in [1.82, 2.24) is 10.2 Å². The normalized spacial score (nSPS) is 23.7. The van der Waals surface area contributed by atoms with Crippen LogP contribution in [0.1, 0.15) is 27.7 Å². The van der Waals surface area contributed by atoms with E-state index in [1.165, 1.54) is 16.7 Å². The maximum Gasteiger partial charge on any atom is 0.352 e. The number of carboxylic acid groups (broad SMARTS) is 1. The third-order valence-electron chi connectivity index (χ3n) is 5.46. The largest absolute Gasteiger partial charge is 0.477 e. The highest BCUT2D eigenvalue weighted by atomic mass is 32.2. The maximum absolute atomic E-state index is 12.5. The van der Waals surface area contributed by atoms with Gasteiger partial charge >= 0.3 is 5.97 Å². The molecule has 0 radical (unpaired) electrons. The Balaban J connectivity index is 2.05. The van der Waals surface area contributed by atoms with Gasteiger partial charge in [-0.2, -0.15) is 0 Å². The summed E-state index contributed by atoms with van der Waals surface area (Å²) < 4.78 is 0. The number of fused-ring (bicyclic) bond motifs is 1.